The highest BCUT2D eigenvalue weighted by molar-refractivity contribution is 5.91. The Morgan fingerprint density at radius 1 is 1.33 bits per heavy atom. The molecule has 3 heterocycles. The monoisotopic (exact) mass is 409 g/mol. The Kier molecular flexibility index (Phi) is 5.23. The molecule has 0 bridgehead atoms. The third-order valence-electron chi connectivity index (χ3n) is 5.23. The Morgan fingerprint density at radius 3 is 2.83 bits per heavy atom. The van der Waals surface area contributed by atoms with Gasteiger partial charge in [0, 0.05) is 38.1 Å². The summed E-state index contributed by atoms with van der Waals surface area (Å²) in [7, 11) is 1.37. The van der Waals surface area contributed by atoms with Gasteiger partial charge >= 0.3 is 5.69 Å². The largest absolute Gasteiger partial charge is 0.363 e. The van der Waals surface area contributed by atoms with Gasteiger partial charge in [-0.05, 0) is 24.3 Å². The predicted octanol–water partition coefficient (Wildman–Crippen LogP) is 0.0262. The highest BCUT2D eigenvalue weighted by Gasteiger charge is 2.19. The first-order valence-corrected chi connectivity index (χ1v) is 9.62. The summed E-state index contributed by atoms with van der Waals surface area (Å²) in [6.07, 6.45) is 3.29. The van der Waals surface area contributed by atoms with Crippen LogP contribution in [0.2, 0.25) is 0 Å². The first kappa shape index (κ1) is 19.6. The van der Waals surface area contributed by atoms with Crippen molar-refractivity contribution >= 4 is 28.4 Å². The minimum absolute atomic E-state index is 0.101. The fourth-order valence-electron chi connectivity index (χ4n) is 3.60. The lowest BCUT2D eigenvalue weighted by molar-refractivity contribution is -0.116. The van der Waals surface area contributed by atoms with Crippen LogP contribution in [0.15, 0.2) is 52.8 Å². The minimum Gasteiger partial charge on any atom is -0.363 e. The number of imidazole rings is 1. The standard InChI is InChI=1S/C20H23N7O3/c1-3-14-10-21-8-9-27(14)15-6-4-13(5-7-15)23-16(28)11-26-12-22-18-17(26)19(29)25(2)20(30)24-18/h3-7,12,14,21H,1,8-11H2,2H3,(H,23,28)(H,24,30)/t14-/m1/s1. The summed E-state index contributed by atoms with van der Waals surface area (Å²) in [4.78, 5) is 45.3. The number of aromatic nitrogens is 4. The van der Waals surface area contributed by atoms with Gasteiger partial charge in [-0.25, -0.2) is 9.78 Å². The molecule has 30 heavy (non-hydrogen) atoms. The van der Waals surface area contributed by atoms with E-state index in [4.69, 9.17) is 0 Å². The quantitative estimate of drug-likeness (QED) is 0.512. The van der Waals surface area contributed by atoms with Crippen LogP contribution in [0.4, 0.5) is 11.4 Å². The van der Waals surface area contributed by atoms with Gasteiger partial charge in [0.15, 0.2) is 11.2 Å². The average Bonchev–Trinajstić information content (AvgIpc) is 3.14. The number of piperazine rings is 1. The molecule has 0 aliphatic carbocycles. The summed E-state index contributed by atoms with van der Waals surface area (Å²) in [5.41, 5.74) is 0.999. The fourth-order valence-corrected chi connectivity index (χ4v) is 3.60. The zero-order valence-electron chi connectivity index (χ0n) is 16.6. The lowest BCUT2D eigenvalue weighted by atomic mass is 10.1. The Balaban J connectivity index is 1.48. The Labute approximate surface area is 171 Å². The van der Waals surface area contributed by atoms with Crippen LogP contribution in [-0.2, 0) is 18.4 Å². The third-order valence-corrected chi connectivity index (χ3v) is 5.23. The summed E-state index contributed by atoms with van der Waals surface area (Å²) in [5, 5.41) is 6.17. The summed E-state index contributed by atoms with van der Waals surface area (Å²) < 4.78 is 2.37. The molecule has 3 N–H and O–H groups in total. The summed E-state index contributed by atoms with van der Waals surface area (Å²) in [5.74, 6) is -0.304. The molecule has 3 aromatic rings. The molecule has 1 fully saturated rings. The van der Waals surface area contributed by atoms with Gasteiger partial charge in [-0.15, -0.1) is 6.58 Å². The van der Waals surface area contributed by atoms with Crippen LogP contribution in [0.3, 0.4) is 0 Å². The molecule has 4 rings (SSSR count). The Morgan fingerprint density at radius 2 is 2.10 bits per heavy atom. The average molecular weight is 409 g/mol. The van der Waals surface area contributed by atoms with Gasteiger partial charge in [0.05, 0.1) is 12.4 Å². The van der Waals surface area contributed by atoms with Crippen molar-refractivity contribution in [1.29, 1.82) is 0 Å². The van der Waals surface area contributed by atoms with E-state index < -0.39 is 11.2 Å². The molecule has 0 spiro atoms. The Hall–Kier alpha value is -3.66. The molecule has 1 saturated heterocycles. The molecule has 10 heteroatoms. The molecule has 1 atom stereocenters. The second kappa shape index (κ2) is 7.99. The van der Waals surface area contributed by atoms with E-state index in [0.717, 1.165) is 29.9 Å². The number of rotatable bonds is 5. The number of carbonyl (C=O) groups is 1. The van der Waals surface area contributed by atoms with E-state index in [-0.39, 0.29) is 29.7 Å². The van der Waals surface area contributed by atoms with E-state index >= 15 is 0 Å². The van der Waals surface area contributed by atoms with Crippen molar-refractivity contribution in [3.8, 4) is 0 Å². The topological polar surface area (TPSA) is 117 Å². The summed E-state index contributed by atoms with van der Waals surface area (Å²) >= 11 is 0. The maximum Gasteiger partial charge on any atom is 0.329 e. The molecule has 0 unspecified atom stereocenters. The van der Waals surface area contributed by atoms with Crippen LogP contribution in [0, 0.1) is 0 Å². The van der Waals surface area contributed by atoms with E-state index in [2.05, 4.69) is 32.1 Å². The van der Waals surface area contributed by atoms with Crippen molar-refractivity contribution in [2.45, 2.75) is 12.6 Å². The number of benzene rings is 1. The lowest BCUT2D eigenvalue weighted by Gasteiger charge is -2.36. The van der Waals surface area contributed by atoms with Crippen molar-refractivity contribution in [2.24, 2.45) is 7.05 Å². The van der Waals surface area contributed by atoms with Crippen molar-refractivity contribution < 1.29 is 4.79 Å². The minimum atomic E-state index is -0.550. The number of hydrogen-bond acceptors (Lipinski definition) is 6. The van der Waals surface area contributed by atoms with Gasteiger partial charge in [-0.1, -0.05) is 6.08 Å². The van der Waals surface area contributed by atoms with E-state index in [9.17, 15) is 14.4 Å². The van der Waals surface area contributed by atoms with Crippen LogP contribution < -0.4 is 26.8 Å². The van der Waals surface area contributed by atoms with Crippen molar-refractivity contribution in [3.63, 3.8) is 0 Å². The van der Waals surface area contributed by atoms with Gasteiger partial charge in [0.25, 0.3) is 5.56 Å². The number of anilines is 2. The van der Waals surface area contributed by atoms with Crippen LogP contribution in [0.5, 0.6) is 0 Å². The Bertz CT molecular complexity index is 1210. The number of amides is 1. The van der Waals surface area contributed by atoms with E-state index in [1.165, 1.54) is 17.9 Å². The highest BCUT2D eigenvalue weighted by atomic mass is 16.2. The molecular formula is C20H23N7O3. The number of H-pyrrole nitrogens is 1. The molecule has 10 nitrogen and oxygen atoms in total. The zero-order chi connectivity index (χ0) is 21.3. The molecule has 0 saturated carbocycles. The molecule has 2 aromatic heterocycles. The van der Waals surface area contributed by atoms with Gasteiger partial charge in [0.2, 0.25) is 5.91 Å². The molecule has 1 aromatic carbocycles. The van der Waals surface area contributed by atoms with Crippen LogP contribution in [0.25, 0.3) is 11.2 Å². The first-order valence-electron chi connectivity index (χ1n) is 9.62. The molecule has 1 amide bonds. The number of fused-ring (bicyclic) bond motifs is 1. The molecule has 1 aliphatic rings. The van der Waals surface area contributed by atoms with E-state index in [1.807, 2.05) is 30.3 Å². The number of nitrogens with zero attached hydrogens (tertiary/aromatic N) is 4. The van der Waals surface area contributed by atoms with Crippen molar-refractivity contribution in [2.75, 3.05) is 29.9 Å². The third kappa shape index (κ3) is 3.64. The van der Waals surface area contributed by atoms with Gasteiger partial charge in [-0.2, -0.15) is 0 Å². The van der Waals surface area contributed by atoms with Crippen molar-refractivity contribution in [1.82, 2.24) is 24.4 Å². The van der Waals surface area contributed by atoms with Crippen LogP contribution in [0.1, 0.15) is 0 Å². The predicted molar refractivity (Wildman–Crippen MR) is 115 cm³/mol. The molecular weight excluding hydrogens is 386 g/mol. The second-order valence-corrected chi connectivity index (χ2v) is 7.16. The zero-order valence-corrected chi connectivity index (χ0v) is 16.6. The normalized spacial score (nSPS) is 16.6. The molecule has 156 valence electrons. The fraction of sp³-hybridized carbons (Fsp3) is 0.300. The van der Waals surface area contributed by atoms with Crippen molar-refractivity contribution in [3.05, 3.63) is 64.1 Å². The number of hydrogen-bond donors (Lipinski definition) is 3. The van der Waals surface area contributed by atoms with E-state index in [1.54, 1.807) is 0 Å². The summed E-state index contributed by atoms with van der Waals surface area (Å²) in [6.45, 7) is 6.44. The maximum atomic E-state index is 12.5. The van der Waals surface area contributed by atoms with Crippen LogP contribution >= 0.6 is 0 Å². The smallest absolute Gasteiger partial charge is 0.329 e. The second-order valence-electron chi connectivity index (χ2n) is 7.16. The highest BCUT2D eigenvalue weighted by Crippen LogP contribution is 2.21. The lowest BCUT2D eigenvalue weighted by Crippen LogP contribution is -2.50. The van der Waals surface area contributed by atoms with Gasteiger partial charge < -0.3 is 20.1 Å². The first-order chi connectivity index (χ1) is 14.5. The SMILES string of the molecule is C=C[C@@H]1CNCCN1c1ccc(NC(=O)Cn2cnc3[nH]c(=O)n(C)c(=O)c32)cc1. The number of aromatic amines is 1. The maximum absolute atomic E-state index is 12.5. The molecule has 1 aliphatic heterocycles. The van der Waals surface area contributed by atoms with Crippen LogP contribution in [-0.4, -0.2) is 50.7 Å². The number of carbonyl (C=O) groups excluding carboxylic acids is 1. The number of nitrogens with one attached hydrogen (secondary N) is 3. The van der Waals surface area contributed by atoms with E-state index in [0.29, 0.717) is 5.69 Å². The van der Waals surface area contributed by atoms with Gasteiger partial charge in [0.1, 0.15) is 6.54 Å². The molecule has 0 radical (unpaired) electrons. The van der Waals surface area contributed by atoms with Gasteiger partial charge in [-0.3, -0.25) is 19.1 Å². The summed E-state index contributed by atoms with van der Waals surface area (Å²) in [6, 6.07) is 7.84.